The summed E-state index contributed by atoms with van der Waals surface area (Å²) in [5, 5.41) is 14.6. The predicted octanol–water partition coefficient (Wildman–Crippen LogP) is 3.96. The van der Waals surface area contributed by atoms with E-state index in [0.29, 0.717) is 17.1 Å². The third kappa shape index (κ3) is 3.94. The van der Waals surface area contributed by atoms with Crippen LogP contribution in [-0.4, -0.2) is 28.1 Å². The fourth-order valence-electron chi connectivity index (χ4n) is 2.71. The predicted molar refractivity (Wildman–Crippen MR) is 99.8 cm³/mol. The van der Waals surface area contributed by atoms with Crippen molar-refractivity contribution < 1.29 is 9.66 Å². The molecule has 3 rings (SSSR count). The summed E-state index contributed by atoms with van der Waals surface area (Å²) in [6.07, 6.45) is 1.56. The highest BCUT2D eigenvalue weighted by molar-refractivity contribution is 6.30. The number of anilines is 1. The number of aromatic nitrogens is 2. The molecule has 1 N–H and O–H groups in total. The van der Waals surface area contributed by atoms with Gasteiger partial charge >= 0.3 is 0 Å². The van der Waals surface area contributed by atoms with Gasteiger partial charge in [0.15, 0.2) is 5.15 Å². The molecule has 3 aromatic rings. The van der Waals surface area contributed by atoms with E-state index in [1.54, 1.807) is 36.2 Å². The Bertz CT molecular complexity index is 898. The van der Waals surface area contributed by atoms with Gasteiger partial charge in [0, 0.05) is 22.4 Å². The number of nitrogens with zero attached hydrogens (tertiary/aromatic N) is 3. The topological polar surface area (TPSA) is 82.2 Å². The summed E-state index contributed by atoms with van der Waals surface area (Å²) in [7, 11) is 1.56. The van der Waals surface area contributed by atoms with Crippen molar-refractivity contribution in [2.75, 3.05) is 19.0 Å². The van der Waals surface area contributed by atoms with Crippen molar-refractivity contribution in [3.63, 3.8) is 0 Å². The second-order valence-corrected chi connectivity index (χ2v) is 5.93. The summed E-state index contributed by atoms with van der Waals surface area (Å²) in [6, 6.07) is 15.9. The molecule has 0 fully saturated rings. The third-order valence-corrected chi connectivity index (χ3v) is 4.16. The molecule has 1 aromatic heterocycles. The van der Waals surface area contributed by atoms with E-state index in [4.69, 9.17) is 16.3 Å². The van der Waals surface area contributed by atoms with E-state index in [9.17, 15) is 10.1 Å². The van der Waals surface area contributed by atoms with Gasteiger partial charge in [-0.05, 0) is 24.3 Å². The van der Waals surface area contributed by atoms with Gasteiger partial charge in [0.1, 0.15) is 18.1 Å². The lowest BCUT2D eigenvalue weighted by atomic mass is 10.1. The van der Waals surface area contributed by atoms with Gasteiger partial charge in [0.05, 0.1) is 12.8 Å². The van der Waals surface area contributed by atoms with E-state index >= 15 is 0 Å². The lowest BCUT2D eigenvalue weighted by Gasteiger charge is -2.19. The monoisotopic (exact) mass is 372 g/mol. The summed E-state index contributed by atoms with van der Waals surface area (Å²) in [5.41, 5.74) is 2.04. The van der Waals surface area contributed by atoms with Crippen LogP contribution in [0.5, 0.6) is 5.75 Å². The summed E-state index contributed by atoms with van der Waals surface area (Å²) >= 11 is 6.28. The van der Waals surface area contributed by atoms with E-state index in [1.165, 1.54) is 0 Å². The van der Waals surface area contributed by atoms with E-state index in [-0.39, 0.29) is 16.6 Å². The van der Waals surface area contributed by atoms with E-state index in [0.717, 1.165) is 5.69 Å². The molecule has 0 radical (unpaired) electrons. The fraction of sp³-hybridized carbons (Fsp3) is 0.167. The smallest absolute Gasteiger partial charge is 0.229 e. The minimum Gasteiger partial charge on any atom is -0.497 e. The molecule has 1 unspecified atom stereocenters. The lowest BCUT2D eigenvalue weighted by Crippen LogP contribution is -2.23. The second-order valence-electron chi connectivity index (χ2n) is 5.57. The first-order chi connectivity index (χ1) is 12.6. The summed E-state index contributed by atoms with van der Waals surface area (Å²) in [6.45, 7) is -0.352. The number of benzene rings is 2. The van der Waals surface area contributed by atoms with Crippen LogP contribution in [0.1, 0.15) is 11.7 Å². The van der Waals surface area contributed by atoms with E-state index in [1.807, 2.05) is 36.4 Å². The number of imidazole rings is 1. The van der Waals surface area contributed by atoms with Crippen molar-refractivity contribution in [3.05, 3.63) is 81.9 Å². The highest BCUT2D eigenvalue weighted by atomic mass is 35.5. The molecule has 2 aromatic carbocycles. The van der Waals surface area contributed by atoms with Gasteiger partial charge in [0.25, 0.3) is 0 Å². The Morgan fingerprint density at radius 3 is 2.73 bits per heavy atom. The SMILES string of the molecule is COc1cccc(NC(C[N+](=O)[O-])c2c(Cl)ncn2-c2ccccc2)c1. The van der Waals surface area contributed by atoms with Crippen LogP contribution in [0.25, 0.3) is 5.69 Å². The molecule has 26 heavy (non-hydrogen) atoms. The number of halogens is 1. The molecule has 0 saturated heterocycles. The van der Waals surface area contributed by atoms with Crippen LogP contribution >= 0.6 is 11.6 Å². The highest BCUT2D eigenvalue weighted by Crippen LogP contribution is 2.29. The Morgan fingerprint density at radius 2 is 2.04 bits per heavy atom. The molecule has 0 bridgehead atoms. The molecule has 0 spiro atoms. The Hall–Kier alpha value is -3.06. The standard InChI is InChI=1S/C18H17ClN4O3/c1-26-15-9-5-6-13(10-15)21-16(11-23(24)25)17-18(19)20-12-22(17)14-7-3-2-4-8-14/h2-10,12,16,21H,11H2,1H3. The Kier molecular flexibility index (Phi) is 5.38. The second kappa shape index (κ2) is 7.88. The average molecular weight is 373 g/mol. The molecule has 1 heterocycles. The van der Waals surface area contributed by atoms with Crippen LogP contribution in [0.4, 0.5) is 5.69 Å². The van der Waals surface area contributed by atoms with Gasteiger partial charge in [-0.25, -0.2) is 4.98 Å². The highest BCUT2D eigenvalue weighted by Gasteiger charge is 2.26. The Morgan fingerprint density at radius 1 is 1.27 bits per heavy atom. The minimum absolute atomic E-state index is 0.219. The lowest BCUT2D eigenvalue weighted by molar-refractivity contribution is -0.482. The van der Waals surface area contributed by atoms with E-state index < -0.39 is 6.04 Å². The quantitative estimate of drug-likeness (QED) is 0.501. The number of nitro groups is 1. The van der Waals surface area contributed by atoms with Crippen LogP contribution in [0.2, 0.25) is 5.15 Å². The van der Waals surface area contributed by atoms with Crippen LogP contribution in [0.15, 0.2) is 60.9 Å². The zero-order valence-electron chi connectivity index (χ0n) is 14.0. The van der Waals surface area contributed by atoms with Gasteiger partial charge in [-0.15, -0.1) is 0 Å². The first-order valence-corrected chi connectivity index (χ1v) is 8.27. The Balaban J connectivity index is 2.01. The number of hydrogen-bond acceptors (Lipinski definition) is 5. The van der Waals surface area contributed by atoms with Crippen molar-refractivity contribution in [3.8, 4) is 11.4 Å². The first-order valence-electron chi connectivity index (χ1n) is 7.89. The van der Waals surface area contributed by atoms with Crippen molar-refractivity contribution in [1.82, 2.24) is 9.55 Å². The van der Waals surface area contributed by atoms with Crippen molar-refractivity contribution >= 4 is 17.3 Å². The van der Waals surface area contributed by atoms with Gasteiger partial charge < -0.3 is 10.1 Å². The molecule has 7 nitrogen and oxygen atoms in total. The average Bonchev–Trinajstić information content (AvgIpc) is 3.03. The molecule has 8 heteroatoms. The van der Waals surface area contributed by atoms with Crippen LogP contribution in [0, 0.1) is 10.1 Å². The van der Waals surface area contributed by atoms with Crippen molar-refractivity contribution in [1.29, 1.82) is 0 Å². The number of para-hydroxylation sites is 1. The molecule has 134 valence electrons. The molecule has 0 aliphatic carbocycles. The van der Waals surface area contributed by atoms with Crippen molar-refractivity contribution in [2.24, 2.45) is 0 Å². The Labute approximate surface area is 155 Å². The zero-order valence-corrected chi connectivity index (χ0v) is 14.8. The number of hydrogen-bond donors (Lipinski definition) is 1. The molecule has 0 aliphatic rings. The number of methoxy groups -OCH3 is 1. The largest absolute Gasteiger partial charge is 0.497 e. The normalized spacial score (nSPS) is 11.8. The number of rotatable bonds is 7. The summed E-state index contributed by atoms with van der Waals surface area (Å²) in [4.78, 5) is 15.0. The van der Waals surface area contributed by atoms with Crippen molar-refractivity contribution in [2.45, 2.75) is 6.04 Å². The maximum absolute atomic E-state index is 11.2. The molecule has 0 amide bonds. The molecule has 0 aliphatic heterocycles. The number of nitrogens with one attached hydrogen (secondary N) is 1. The van der Waals surface area contributed by atoms with Gasteiger partial charge in [-0.3, -0.25) is 14.7 Å². The van der Waals surface area contributed by atoms with Crippen LogP contribution < -0.4 is 10.1 Å². The molecule has 1 atom stereocenters. The van der Waals surface area contributed by atoms with Gasteiger partial charge in [-0.1, -0.05) is 35.9 Å². The minimum atomic E-state index is -0.674. The maximum Gasteiger partial charge on any atom is 0.229 e. The third-order valence-electron chi connectivity index (χ3n) is 3.86. The summed E-state index contributed by atoms with van der Waals surface area (Å²) < 4.78 is 6.96. The zero-order chi connectivity index (χ0) is 18.5. The van der Waals surface area contributed by atoms with E-state index in [2.05, 4.69) is 10.3 Å². The number of ether oxygens (including phenoxy) is 1. The fourth-order valence-corrected chi connectivity index (χ4v) is 2.97. The van der Waals surface area contributed by atoms with Gasteiger partial charge in [0.2, 0.25) is 6.54 Å². The molecular formula is C18H17ClN4O3. The molecule has 0 saturated carbocycles. The summed E-state index contributed by atoms with van der Waals surface area (Å²) in [5.74, 6) is 0.650. The van der Waals surface area contributed by atoms with Crippen LogP contribution in [0.3, 0.4) is 0 Å². The van der Waals surface area contributed by atoms with Crippen LogP contribution in [-0.2, 0) is 0 Å². The maximum atomic E-state index is 11.2. The van der Waals surface area contributed by atoms with Gasteiger partial charge in [-0.2, -0.15) is 0 Å². The molecular weight excluding hydrogens is 356 g/mol. The first kappa shape index (κ1) is 17.8.